The van der Waals surface area contributed by atoms with Crippen LogP contribution in [0.4, 0.5) is 25.0 Å². The molecule has 3 atom stereocenters. The Morgan fingerprint density at radius 2 is 1.21 bits per heavy atom. The van der Waals surface area contributed by atoms with Crippen LogP contribution < -0.4 is 20.4 Å². The molecule has 0 bridgehead atoms. The smallest absolute Gasteiger partial charge is 0.432 e. The first-order chi connectivity index (χ1) is 36.4. The third-order valence-corrected chi connectivity index (χ3v) is 17.7. The number of nitrogens with zero attached hydrogens (tertiary/aromatic N) is 2. The number of thioether (sulfide) groups is 2. The van der Waals surface area contributed by atoms with Gasteiger partial charge < -0.3 is 44.1 Å². The molecule has 13 nitrogen and oxygen atoms in total. The molecule has 3 fully saturated rings. The lowest BCUT2D eigenvalue weighted by Crippen LogP contribution is -2.57. The van der Waals surface area contributed by atoms with Crippen LogP contribution in [0.15, 0.2) is 139 Å². The van der Waals surface area contributed by atoms with E-state index in [9.17, 15) is 28.0 Å². The number of methoxy groups -OCH3 is 1. The number of carbonyl (C=O) groups excluding carboxylic acids is 4. The summed E-state index contributed by atoms with van der Waals surface area (Å²) in [5, 5.41) is 13.5. The molecule has 4 aromatic carbocycles. The molecule has 3 saturated heterocycles. The van der Waals surface area contributed by atoms with Crippen LogP contribution in [0.3, 0.4) is 0 Å². The summed E-state index contributed by atoms with van der Waals surface area (Å²) in [5.74, 6) is -1.90. The van der Waals surface area contributed by atoms with Gasteiger partial charge in [-0.05, 0) is 117 Å². The average molecular weight is 1140 g/mol. The largest absolute Gasteiger partial charge is 0.513 e. The topological polar surface area (TPSA) is 145 Å². The number of hydrogen-bond donors (Lipinski definition) is 2. The van der Waals surface area contributed by atoms with E-state index in [4.69, 9.17) is 46.9 Å². The van der Waals surface area contributed by atoms with E-state index in [1.165, 1.54) is 60.1 Å². The highest BCUT2D eigenvalue weighted by molar-refractivity contribution is 8.04. The van der Waals surface area contributed by atoms with Crippen LogP contribution >= 0.6 is 69.4 Å². The number of hydrogen-bond acceptors (Lipinski definition) is 15. The molecule has 0 spiro atoms. The molecule has 3 unspecified atom stereocenters. The number of amides is 2. The van der Waals surface area contributed by atoms with Gasteiger partial charge in [0, 0.05) is 67.3 Å². The van der Waals surface area contributed by atoms with Crippen molar-refractivity contribution in [2.45, 2.75) is 39.0 Å². The van der Waals surface area contributed by atoms with Gasteiger partial charge >= 0.3 is 6.16 Å². The van der Waals surface area contributed by atoms with Gasteiger partial charge in [-0.1, -0.05) is 59.2 Å². The summed E-state index contributed by atoms with van der Waals surface area (Å²) in [6.07, 6.45) is -0.729. The first kappa shape index (κ1) is 54.3. The highest BCUT2D eigenvalue weighted by Crippen LogP contribution is 2.47. The molecule has 21 heteroatoms. The Morgan fingerprint density at radius 3 is 1.69 bits per heavy atom. The summed E-state index contributed by atoms with van der Waals surface area (Å²) < 4.78 is 53.8. The number of benzene rings is 4. The fourth-order valence-electron chi connectivity index (χ4n) is 9.17. The van der Waals surface area contributed by atoms with Crippen LogP contribution in [-0.4, -0.2) is 102 Å². The molecule has 6 heterocycles. The van der Waals surface area contributed by atoms with Crippen LogP contribution in [0.5, 0.6) is 0 Å². The molecule has 2 amide bonds. The SMILES string of the molecule is COCCOC(=O)OC1=C(Sc2ccc(F)cc2Cl)C(=O)NC(c2ccc(N3CCOCC3)cc2)(c2ccsc2)C1.O=C1CC(c2ccc(N3CCOCC3)cc2)(c2ccsc2)NC(=O)C1Sc1ccc(F)cc1Cl. The molecule has 4 aliphatic heterocycles. The Labute approximate surface area is 458 Å². The zero-order chi connectivity index (χ0) is 52.5. The van der Waals surface area contributed by atoms with Crippen molar-refractivity contribution in [2.24, 2.45) is 0 Å². The molecule has 10 rings (SSSR count). The number of Topliss-reactive ketones (excluding diaryl/α,β-unsaturated/α-hetero) is 1. The standard InChI is InChI=1S/C29H28ClFN2O6S2.C25H22ClFN2O3S2/c1-36-13-14-38-28(35)39-24-17-29(20-8-15-40-18-20,19-2-5-22(6-3-19)33-9-11-37-12-10-33)32-27(34)26(24)41-25-7-4-21(31)16-23(25)30;26-20-13-18(27)3-6-22(20)34-23-21(30)14-25(28-24(23)31,17-7-12-33-15-17)16-1-4-19(5-2-16)29-8-10-32-11-9-29/h2-8,15-16,18H,9-14,17H2,1H3,(H,32,34);1-7,12-13,15,23H,8-11,14H2,(H,28,31). The van der Waals surface area contributed by atoms with E-state index >= 15 is 0 Å². The van der Waals surface area contributed by atoms with E-state index in [-0.39, 0.29) is 58.5 Å². The minimum Gasteiger partial charge on any atom is -0.432 e. The van der Waals surface area contributed by atoms with Crippen molar-refractivity contribution in [2.75, 3.05) is 82.7 Å². The van der Waals surface area contributed by atoms with Gasteiger partial charge in [-0.25, -0.2) is 13.6 Å². The summed E-state index contributed by atoms with van der Waals surface area (Å²) in [5.41, 5.74) is 3.55. The van der Waals surface area contributed by atoms with E-state index in [2.05, 4.69) is 20.4 Å². The molecule has 75 heavy (non-hydrogen) atoms. The van der Waals surface area contributed by atoms with E-state index in [0.717, 1.165) is 89.4 Å². The number of ether oxygens (including phenoxy) is 5. The maximum absolute atomic E-state index is 13.8. The molecule has 2 N–H and O–H groups in total. The maximum atomic E-state index is 13.8. The van der Waals surface area contributed by atoms with E-state index in [1.54, 1.807) is 0 Å². The van der Waals surface area contributed by atoms with Gasteiger partial charge in [0.2, 0.25) is 5.91 Å². The fraction of sp³-hybridized carbons (Fsp3) is 0.296. The van der Waals surface area contributed by atoms with Crippen LogP contribution in [0, 0.1) is 11.6 Å². The fourth-order valence-corrected chi connectivity index (χ4v) is 13.1. The summed E-state index contributed by atoms with van der Waals surface area (Å²) in [6.45, 7) is 6.15. The third-order valence-electron chi connectivity index (χ3n) is 13.0. The predicted octanol–water partition coefficient (Wildman–Crippen LogP) is 10.8. The molecule has 6 aromatic rings. The molecule has 4 aliphatic rings. The Hall–Kier alpha value is -5.48. The lowest BCUT2D eigenvalue weighted by Gasteiger charge is -2.40. The first-order valence-electron chi connectivity index (χ1n) is 23.8. The molecular weight excluding hydrogens is 1090 g/mol. The van der Waals surface area contributed by atoms with E-state index in [1.807, 2.05) is 82.2 Å². The van der Waals surface area contributed by atoms with Gasteiger partial charge in [-0.3, -0.25) is 14.4 Å². The highest BCUT2D eigenvalue weighted by Gasteiger charge is 2.48. The summed E-state index contributed by atoms with van der Waals surface area (Å²) in [7, 11) is 1.49. The maximum Gasteiger partial charge on any atom is 0.513 e. The minimum atomic E-state index is -1.03. The Bertz CT molecular complexity index is 3000. The lowest BCUT2D eigenvalue weighted by atomic mass is 9.77. The monoisotopic (exact) mass is 1130 g/mol. The minimum absolute atomic E-state index is 0.0141. The number of thiophene rings is 2. The predicted molar refractivity (Wildman–Crippen MR) is 289 cm³/mol. The lowest BCUT2D eigenvalue weighted by molar-refractivity contribution is -0.133. The Morgan fingerprint density at radius 1 is 0.693 bits per heavy atom. The summed E-state index contributed by atoms with van der Waals surface area (Å²) in [6, 6.07) is 27.7. The van der Waals surface area contributed by atoms with Gasteiger partial charge in [0.25, 0.3) is 5.91 Å². The van der Waals surface area contributed by atoms with Crippen molar-refractivity contribution in [3.63, 3.8) is 0 Å². The summed E-state index contributed by atoms with van der Waals surface area (Å²) >= 11 is 17.5. The van der Waals surface area contributed by atoms with Gasteiger partial charge in [-0.15, -0.1) is 11.8 Å². The second-order valence-corrected chi connectivity index (χ2v) is 22.2. The number of ketones is 1. The van der Waals surface area contributed by atoms with Crippen molar-refractivity contribution in [1.82, 2.24) is 10.6 Å². The first-order valence-corrected chi connectivity index (χ1v) is 28.1. The van der Waals surface area contributed by atoms with E-state index < -0.39 is 40.0 Å². The molecular formula is C54H50Cl2F2N4O9S4. The van der Waals surface area contributed by atoms with Crippen molar-refractivity contribution in [3.8, 4) is 0 Å². The molecule has 392 valence electrons. The van der Waals surface area contributed by atoms with Crippen LogP contribution in [0.25, 0.3) is 0 Å². The van der Waals surface area contributed by atoms with E-state index in [0.29, 0.717) is 36.2 Å². The van der Waals surface area contributed by atoms with Crippen molar-refractivity contribution in [3.05, 3.63) is 173 Å². The van der Waals surface area contributed by atoms with Crippen LogP contribution in [0.2, 0.25) is 10.0 Å². The van der Waals surface area contributed by atoms with Crippen molar-refractivity contribution >= 4 is 105 Å². The second-order valence-electron chi connectivity index (χ2n) is 17.6. The number of piperidine rings is 1. The average Bonchev–Trinajstić information content (AvgIpc) is 4.19. The van der Waals surface area contributed by atoms with Crippen LogP contribution in [-0.2, 0) is 49.1 Å². The molecule has 0 radical (unpaired) electrons. The second kappa shape index (κ2) is 24.7. The molecule has 0 saturated carbocycles. The summed E-state index contributed by atoms with van der Waals surface area (Å²) in [4.78, 5) is 58.8. The van der Waals surface area contributed by atoms with Gasteiger partial charge in [0.1, 0.15) is 34.2 Å². The van der Waals surface area contributed by atoms with Gasteiger partial charge in [0.05, 0.1) is 54.2 Å². The quantitative estimate of drug-likeness (QED) is 0.0607. The zero-order valence-corrected chi connectivity index (χ0v) is 45.1. The molecule has 2 aromatic heterocycles. The van der Waals surface area contributed by atoms with Crippen molar-refractivity contribution < 1.29 is 51.6 Å². The Kier molecular flexibility index (Phi) is 17.9. The number of morpholine rings is 2. The number of nitrogens with one attached hydrogen (secondary N) is 2. The van der Waals surface area contributed by atoms with Crippen molar-refractivity contribution in [1.29, 1.82) is 0 Å². The van der Waals surface area contributed by atoms with Gasteiger partial charge in [-0.2, -0.15) is 22.7 Å². The van der Waals surface area contributed by atoms with Crippen LogP contribution in [0.1, 0.15) is 35.1 Å². The third kappa shape index (κ3) is 12.5. The zero-order valence-electron chi connectivity index (χ0n) is 40.3. The number of carbonyl (C=O) groups is 4. The number of halogens is 4. The highest BCUT2D eigenvalue weighted by atomic mass is 35.5. The normalized spacial score (nSPS) is 21.0. The molecule has 0 aliphatic carbocycles. The number of rotatable bonds is 14. The Balaban J connectivity index is 0.000000187. The number of anilines is 2. The van der Waals surface area contributed by atoms with Gasteiger partial charge in [0.15, 0.2) is 5.78 Å².